The first-order valence-electron chi connectivity index (χ1n) is 11.5. The smallest absolute Gasteiger partial charge is 0.246 e. The molecule has 0 saturated carbocycles. The van der Waals surface area contributed by atoms with Crippen molar-refractivity contribution in [3.8, 4) is 0 Å². The van der Waals surface area contributed by atoms with Crippen molar-refractivity contribution in [2.45, 2.75) is 58.7 Å². The Labute approximate surface area is 200 Å². The first-order valence-corrected chi connectivity index (χ1v) is 11.5. The maximum Gasteiger partial charge on any atom is 0.246 e. The Morgan fingerprint density at radius 3 is 2.79 bits per heavy atom. The highest BCUT2D eigenvalue weighted by Crippen LogP contribution is 2.23. The molecule has 3 rings (SSSR count). The first kappa shape index (κ1) is 25.6. The van der Waals surface area contributed by atoms with Crippen LogP contribution < -0.4 is 15.8 Å². The Bertz CT molecular complexity index is 978. The van der Waals surface area contributed by atoms with Gasteiger partial charge in [0.1, 0.15) is 18.1 Å². The van der Waals surface area contributed by atoms with Crippen LogP contribution in [0.1, 0.15) is 44.9 Å². The van der Waals surface area contributed by atoms with Crippen LogP contribution in [0.5, 0.6) is 0 Å². The van der Waals surface area contributed by atoms with Crippen molar-refractivity contribution in [2.75, 3.05) is 30.1 Å². The highest BCUT2D eigenvalue weighted by atomic mass is 19.1. The molecule has 1 aliphatic rings. The van der Waals surface area contributed by atoms with Crippen LogP contribution in [0.3, 0.4) is 0 Å². The van der Waals surface area contributed by atoms with Crippen LogP contribution in [0, 0.1) is 12.7 Å². The fourth-order valence-corrected chi connectivity index (χ4v) is 3.78. The molecule has 1 fully saturated rings. The topological polar surface area (TPSA) is 86.8 Å². The first-order chi connectivity index (χ1) is 16.1. The number of nitrogens with zero attached hydrogens (tertiary/aromatic N) is 3. The lowest BCUT2D eigenvalue weighted by Gasteiger charge is -2.33. The van der Waals surface area contributed by atoms with Gasteiger partial charge >= 0.3 is 0 Å². The number of anilines is 2. The molecular formula is C25H34FN5O3. The predicted octanol–water partition coefficient (Wildman–Crippen LogP) is 3.41. The van der Waals surface area contributed by atoms with Crippen molar-refractivity contribution >= 4 is 23.7 Å². The van der Waals surface area contributed by atoms with Gasteiger partial charge in [0.15, 0.2) is 0 Å². The van der Waals surface area contributed by atoms with Crippen molar-refractivity contribution < 1.29 is 18.7 Å². The minimum atomic E-state index is -0.508. The Morgan fingerprint density at radius 2 is 2.12 bits per heavy atom. The quantitative estimate of drug-likeness (QED) is 0.431. The van der Waals surface area contributed by atoms with E-state index in [0.717, 1.165) is 35.7 Å². The lowest BCUT2D eigenvalue weighted by atomic mass is 10.0. The molecule has 0 radical (unpaired) electrons. The van der Waals surface area contributed by atoms with E-state index in [9.17, 15) is 14.0 Å². The zero-order valence-electron chi connectivity index (χ0n) is 20.3. The van der Waals surface area contributed by atoms with Crippen molar-refractivity contribution in [1.82, 2.24) is 15.2 Å². The highest BCUT2D eigenvalue weighted by Gasteiger charge is 2.23. The van der Waals surface area contributed by atoms with Crippen LogP contribution in [-0.4, -0.2) is 53.5 Å². The van der Waals surface area contributed by atoms with Gasteiger partial charge in [-0.05, 0) is 76.9 Å². The molecule has 0 bridgehead atoms. The number of likely N-dealkylation sites (tertiary alicyclic amines) is 1. The van der Waals surface area contributed by atoms with Gasteiger partial charge in [0.2, 0.25) is 12.3 Å². The van der Waals surface area contributed by atoms with E-state index in [4.69, 9.17) is 4.74 Å². The predicted molar refractivity (Wildman–Crippen MR) is 130 cm³/mol. The van der Waals surface area contributed by atoms with E-state index in [1.54, 1.807) is 30.5 Å². The molecule has 1 aromatic carbocycles. The van der Waals surface area contributed by atoms with Crippen LogP contribution in [0.15, 0.2) is 36.5 Å². The van der Waals surface area contributed by atoms with Crippen LogP contribution in [0.4, 0.5) is 15.8 Å². The third kappa shape index (κ3) is 7.78. The van der Waals surface area contributed by atoms with Gasteiger partial charge in [0, 0.05) is 24.8 Å². The van der Waals surface area contributed by atoms with Crippen molar-refractivity contribution in [1.29, 1.82) is 0 Å². The molecule has 9 heteroatoms. The fraction of sp³-hybridized carbons (Fsp3) is 0.480. The minimum Gasteiger partial charge on any atom is -0.366 e. The lowest BCUT2D eigenvalue weighted by molar-refractivity contribution is -0.131. The van der Waals surface area contributed by atoms with Crippen molar-refractivity contribution in [3.05, 3.63) is 53.6 Å². The van der Waals surface area contributed by atoms with Gasteiger partial charge in [-0.25, -0.2) is 9.40 Å². The number of hydrogen-bond donors (Lipinski definition) is 2. The summed E-state index contributed by atoms with van der Waals surface area (Å²) in [4.78, 5) is 30.3. The van der Waals surface area contributed by atoms with Gasteiger partial charge in [-0.15, -0.1) is 0 Å². The number of carbonyl (C=O) groups excluding carboxylic acids is 2. The van der Waals surface area contributed by atoms with Crippen molar-refractivity contribution in [3.63, 3.8) is 0 Å². The van der Waals surface area contributed by atoms with E-state index >= 15 is 0 Å². The normalized spacial score (nSPS) is 16.7. The molecule has 0 aliphatic carbocycles. The van der Waals surface area contributed by atoms with Crippen LogP contribution >= 0.6 is 0 Å². The molecule has 0 unspecified atom stereocenters. The van der Waals surface area contributed by atoms with E-state index < -0.39 is 5.82 Å². The number of nitrogens with one attached hydrogen (secondary N) is 2. The summed E-state index contributed by atoms with van der Waals surface area (Å²) in [6.45, 7) is 9.79. The summed E-state index contributed by atoms with van der Waals surface area (Å²) in [5, 5.41) is 4.16. The number of piperidine rings is 1. The average Bonchev–Trinajstić information content (AvgIpc) is 2.79. The fourth-order valence-electron chi connectivity index (χ4n) is 3.78. The van der Waals surface area contributed by atoms with Crippen LogP contribution in [0.2, 0.25) is 0 Å². The third-order valence-corrected chi connectivity index (χ3v) is 5.45. The van der Waals surface area contributed by atoms with Gasteiger partial charge < -0.3 is 10.1 Å². The zero-order valence-corrected chi connectivity index (χ0v) is 20.3. The molecule has 34 heavy (non-hydrogen) atoms. The number of ether oxygens (including phenoxy) is 1. The molecular weight excluding hydrogens is 437 g/mol. The number of benzene rings is 1. The van der Waals surface area contributed by atoms with Crippen LogP contribution in [-0.2, 0) is 20.9 Å². The zero-order chi connectivity index (χ0) is 24.7. The SMILES string of the molecule is Cc1ccc(NN(C=O)c2cc(CN3CCC[C@H](NC(=O)COC(C)(C)C)C3)ccc2F)cn1. The number of amides is 2. The molecule has 2 amide bonds. The summed E-state index contributed by atoms with van der Waals surface area (Å²) in [5.41, 5.74) is 4.94. The molecule has 2 aromatic rings. The Kier molecular flexibility index (Phi) is 8.57. The van der Waals surface area contributed by atoms with Gasteiger partial charge in [0.05, 0.1) is 17.5 Å². The number of halogens is 1. The number of hydrazine groups is 1. The largest absolute Gasteiger partial charge is 0.366 e. The Balaban J connectivity index is 1.61. The molecule has 1 aromatic heterocycles. The number of carbonyl (C=O) groups is 2. The Morgan fingerprint density at radius 1 is 1.32 bits per heavy atom. The molecule has 1 atom stereocenters. The van der Waals surface area contributed by atoms with E-state index in [2.05, 4.69) is 20.6 Å². The second-order valence-electron chi connectivity index (χ2n) is 9.60. The molecule has 2 heterocycles. The van der Waals surface area contributed by atoms with E-state index in [1.165, 1.54) is 6.07 Å². The summed E-state index contributed by atoms with van der Waals surface area (Å²) < 4.78 is 20.1. The number of aryl methyl sites for hydroxylation is 1. The second-order valence-corrected chi connectivity index (χ2v) is 9.60. The molecule has 1 saturated heterocycles. The Hall–Kier alpha value is -3.04. The maximum absolute atomic E-state index is 14.6. The summed E-state index contributed by atoms with van der Waals surface area (Å²) in [6, 6.07) is 8.36. The third-order valence-electron chi connectivity index (χ3n) is 5.45. The van der Waals surface area contributed by atoms with Gasteiger partial charge in [-0.1, -0.05) is 6.07 Å². The lowest BCUT2D eigenvalue weighted by Crippen LogP contribution is -2.48. The van der Waals surface area contributed by atoms with E-state index in [-0.39, 0.29) is 29.8 Å². The maximum atomic E-state index is 14.6. The summed E-state index contributed by atoms with van der Waals surface area (Å²) in [6.07, 6.45) is 3.97. The van der Waals surface area contributed by atoms with E-state index in [1.807, 2.05) is 27.7 Å². The number of aromatic nitrogens is 1. The molecule has 184 valence electrons. The van der Waals surface area contributed by atoms with Crippen LogP contribution in [0.25, 0.3) is 0 Å². The average molecular weight is 472 g/mol. The van der Waals surface area contributed by atoms with Gasteiger partial charge in [0.25, 0.3) is 0 Å². The molecule has 8 nitrogen and oxygen atoms in total. The molecule has 0 spiro atoms. The monoisotopic (exact) mass is 471 g/mol. The second kappa shape index (κ2) is 11.4. The van der Waals surface area contributed by atoms with Crippen molar-refractivity contribution in [2.24, 2.45) is 0 Å². The molecule has 2 N–H and O–H groups in total. The standard InChI is InChI=1S/C25H34FN5O3/c1-18-7-9-20(13-27-18)29-31(17-32)23-12-19(8-10-22(23)26)14-30-11-5-6-21(15-30)28-24(33)16-34-25(2,3)4/h7-10,12-13,17,21,29H,5-6,11,14-16H2,1-4H3,(H,28,33)/t21-/m0/s1. The summed E-state index contributed by atoms with van der Waals surface area (Å²) >= 11 is 0. The number of rotatable bonds is 9. The summed E-state index contributed by atoms with van der Waals surface area (Å²) in [7, 11) is 0. The van der Waals surface area contributed by atoms with Gasteiger partial charge in [-0.2, -0.15) is 0 Å². The molecule has 1 aliphatic heterocycles. The van der Waals surface area contributed by atoms with Gasteiger partial charge in [-0.3, -0.25) is 24.9 Å². The number of pyridine rings is 1. The highest BCUT2D eigenvalue weighted by molar-refractivity contribution is 5.79. The number of hydrogen-bond acceptors (Lipinski definition) is 6. The minimum absolute atomic E-state index is 0.0341. The van der Waals surface area contributed by atoms with E-state index in [0.29, 0.717) is 25.2 Å². The summed E-state index contributed by atoms with van der Waals surface area (Å²) in [5.74, 6) is -0.629.